The molecule has 0 saturated heterocycles. The zero-order chi connectivity index (χ0) is 13.3. The van der Waals surface area contributed by atoms with E-state index < -0.39 is 29.6 Å². The molecular weight excluding hydrogens is 251 g/mol. The summed E-state index contributed by atoms with van der Waals surface area (Å²) in [5.74, 6) is -7.22. The number of carbonyl (C=O) groups is 1. The zero-order valence-corrected chi connectivity index (χ0v) is 8.26. The van der Waals surface area contributed by atoms with E-state index in [1.807, 2.05) is 0 Å². The minimum absolute atomic E-state index is 0.375. The van der Waals surface area contributed by atoms with E-state index in [0.29, 0.717) is 12.3 Å². The van der Waals surface area contributed by atoms with Crippen LogP contribution in [-0.4, -0.2) is 29.2 Å². The Morgan fingerprint density at radius 1 is 1.29 bits per heavy atom. The topological polar surface area (TPSA) is 52.1 Å². The molecule has 1 heterocycles. The Morgan fingerprint density at radius 3 is 2.35 bits per heavy atom. The highest BCUT2D eigenvalue weighted by molar-refractivity contribution is 5.84. The number of methoxy groups -OCH3 is 1. The summed E-state index contributed by atoms with van der Waals surface area (Å²) >= 11 is 0. The maximum absolute atomic E-state index is 12.8. The molecule has 0 aliphatic carbocycles. The number of aromatic nitrogens is 2. The molecule has 0 bridgehead atoms. The molecule has 0 fully saturated rings. The standard InChI is InChI=1S/C8H5F5N2O2/c1-17-6(16)5-14-3-2-4(15-5)7(9,10)8(11,12)13/h2-3H,1H3. The van der Waals surface area contributed by atoms with Crippen LogP contribution in [-0.2, 0) is 10.7 Å². The number of carbonyl (C=O) groups excluding carboxylic acids is 1. The van der Waals surface area contributed by atoms with Crippen molar-refractivity contribution in [2.24, 2.45) is 0 Å². The summed E-state index contributed by atoms with van der Waals surface area (Å²) in [7, 11) is 0.917. The van der Waals surface area contributed by atoms with Crippen molar-refractivity contribution in [2.75, 3.05) is 7.11 Å². The predicted molar refractivity (Wildman–Crippen MR) is 43.3 cm³/mol. The van der Waals surface area contributed by atoms with Crippen molar-refractivity contribution in [3.63, 3.8) is 0 Å². The average Bonchev–Trinajstić information content (AvgIpc) is 2.26. The van der Waals surface area contributed by atoms with Gasteiger partial charge in [-0.05, 0) is 6.07 Å². The van der Waals surface area contributed by atoms with Crippen molar-refractivity contribution < 1.29 is 31.5 Å². The molecule has 0 aliphatic heterocycles. The highest BCUT2D eigenvalue weighted by Crippen LogP contribution is 2.42. The second-order valence-corrected chi connectivity index (χ2v) is 2.83. The van der Waals surface area contributed by atoms with E-state index in [0.717, 1.165) is 7.11 Å². The number of ether oxygens (including phenoxy) is 1. The highest BCUT2D eigenvalue weighted by Gasteiger charge is 2.60. The predicted octanol–water partition coefficient (Wildman–Crippen LogP) is 1.92. The van der Waals surface area contributed by atoms with Gasteiger partial charge in [-0.25, -0.2) is 14.8 Å². The van der Waals surface area contributed by atoms with E-state index in [9.17, 15) is 26.7 Å². The number of nitrogens with zero attached hydrogens (tertiary/aromatic N) is 2. The van der Waals surface area contributed by atoms with Crippen LogP contribution in [0.1, 0.15) is 16.3 Å². The average molecular weight is 256 g/mol. The van der Waals surface area contributed by atoms with Gasteiger partial charge < -0.3 is 4.74 Å². The Balaban J connectivity index is 3.21. The van der Waals surface area contributed by atoms with Gasteiger partial charge in [-0.2, -0.15) is 22.0 Å². The Kier molecular flexibility index (Phi) is 3.30. The zero-order valence-electron chi connectivity index (χ0n) is 8.26. The fraction of sp³-hybridized carbons (Fsp3) is 0.375. The summed E-state index contributed by atoms with van der Waals surface area (Å²) in [6.45, 7) is 0. The SMILES string of the molecule is COC(=O)c1nccc(C(F)(F)C(F)(F)F)n1. The minimum Gasteiger partial charge on any atom is -0.463 e. The van der Waals surface area contributed by atoms with Gasteiger partial charge in [0.1, 0.15) is 5.69 Å². The molecule has 1 aromatic heterocycles. The van der Waals surface area contributed by atoms with E-state index in [1.165, 1.54) is 0 Å². The largest absolute Gasteiger partial charge is 0.463 e. The van der Waals surface area contributed by atoms with Gasteiger partial charge in [-0.1, -0.05) is 0 Å². The van der Waals surface area contributed by atoms with Crippen LogP contribution in [0.5, 0.6) is 0 Å². The van der Waals surface area contributed by atoms with E-state index >= 15 is 0 Å². The molecule has 0 saturated carbocycles. The molecule has 0 N–H and O–H groups in total. The minimum atomic E-state index is -5.80. The molecule has 9 heteroatoms. The summed E-state index contributed by atoms with van der Waals surface area (Å²) < 4.78 is 65.8. The van der Waals surface area contributed by atoms with Crippen molar-refractivity contribution in [3.05, 3.63) is 23.8 Å². The van der Waals surface area contributed by atoms with Gasteiger partial charge in [0.2, 0.25) is 5.82 Å². The van der Waals surface area contributed by atoms with Crippen LogP contribution in [0.25, 0.3) is 0 Å². The Bertz CT molecular complexity index is 432. The van der Waals surface area contributed by atoms with Crippen molar-refractivity contribution in [1.29, 1.82) is 0 Å². The maximum Gasteiger partial charge on any atom is 0.459 e. The van der Waals surface area contributed by atoms with Crippen LogP contribution in [0.2, 0.25) is 0 Å². The first-order valence-electron chi connectivity index (χ1n) is 4.06. The molecule has 0 spiro atoms. The van der Waals surface area contributed by atoms with Gasteiger partial charge in [-0.15, -0.1) is 0 Å². The molecule has 17 heavy (non-hydrogen) atoms. The summed E-state index contributed by atoms with van der Waals surface area (Å²) in [5.41, 5.74) is -1.61. The van der Waals surface area contributed by atoms with E-state index in [1.54, 1.807) is 0 Å². The third-order valence-corrected chi connectivity index (χ3v) is 1.70. The third kappa shape index (κ3) is 2.48. The number of alkyl halides is 5. The first-order valence-corrected chi connectivity index (χ1v) is 4.06. The van der Waals surface area contributed by atoms with E-state index in [4.69, 9.17) is 0 Å². The molecule has 0 radical (unpaired) electrons. The van der Waals surface area contributed by atoms with Crippen LogP contribution in [0.4, 0.5) is 22.0 Å². The maximum atomic E-state index is 12.8. The molecule has 0 aliphatic rings. The Morgan fingerprint density at radius 2 is 1.88 bits per heavy atom. The van der Waals surface area contributed by atoms with Crippen LogP contribution in [0.3, 0.4) is 0 Å². The summed E-state index contributed by atoms with van der Waals surface area (Å²) in [6.07, 6.45) is -5.18. The molecule has 0 atom stereocenters. The van der Waals surface area contributed by atoms with Crippen LogP contribution < -0.4 is 0 Å². The van der Waals surface area contributed by atoms with Crippen LogP contribution >= 0.6 is 0 Å². The molecule has 94 valence electrons. The van der Waals surface area contributed by atoms with Crippen LogP contribution in [0, 0.1) is 0 Å². The fourth-order valence-electron chi connectivity index (χ4n) is 0.868. The third-order valence-electron chi connectivity index (χ3n) is 1.70. The van der Waals surface area contributed by atoms with E-state index in [-0.39, 0.29) is 0 Å². The van der Waals surface area contributed by atoms with Crippen molar-refractivity contribution in [1.82, 2.24) is 9.97 Å². The molecule has 0 amide bonds. The lowest BCUT2D eigenvalue weighted by atomic mass is 10.2. The highest BCUT2D eigenvalue weighted by atomic mass is 19.4. The van der Waals surface area contributed by atoms with Gasteiger partial charge in [0.25, 0.3) is 0 Å². The van der Waals surface area contributed by atoms with Gasteiger partial charge in [-0.3, -0.25) is 0 Å². The quantitative estimate of drug-likeness (QED) is 0.599. The number of hydrogen-bond acceptors (Lipinski definition) is 4. The van der Waals surface area contributed by atoms with E-state index in [2.05, 4.69) is 14.7 Å². The normalized spacial score (nSPS) is 12.4. The number of hydrogen-bond donors (Lipinski definition) is 0. The number of esters is 1. The Hall–Kier alpha value is -1.80. The lowest BCUT2D eigenvalue weighted by Crippen LogP contribution is -2.35. The number of rotatable bonds is 2. The second-order valence-electron chi connectivity index (χ2n) is 2.83. The molecular formula is C8H5F5N2O2. The summed E-state index contributed by atoms with van der Waals surface area (Å²) in [5, 5.41) is 0. The lowest BCUT2D eigenvalue weighted by molar-refractivity contribution is -0.291. The van der Waals surface area contributed by atoms with Crippen molar-refractivity contribution in [3.8, 4) is 0 Å². The Labute approximate surface area is 91.4 Å². The lowest BCUT2D eigenvalue weighted by Gasteiger charge is -2.18. The van der Waals surface area contributed by atoms with Crippen molar-refractivity contribution >= 4 is 5.97 Å². The van der Waals surface area contributed by atoms with Crippen LogP contribution in [0.15, 0.2) is 12.3 Å². The van der Waals surface area contributed by atoms with Gasteiger partial charge in [0.05, 0.1) is 7.11 Å². The monoisotopic (exact) mass is 256 g/mol. The van der Waals surface area contributed by atoms with Gasteiger partial charge in [0, 0.05) is 6.20 Å². The first kappa shape index (κ1) is 13.3. The molecule has 1 aromatic rings. The fourth-order valence-corrected chi connectivity index (χ4v) is 0.868. The molecule has 1 rings (SSSR count). The smallest absolute Gasteiger partial charge is 0.459 e. The van der Waals surface area contributed by atoms with Gasteiger partial charge in [0.15, 0.2) is 0 Å². The molecule has 0 aromatic carbocycles. The van der Waals surface area contributed by atoms with Gasteiger partial charge >= 0.3 is 18.1 Å². The first-order chi connectivity index (χ1) is 7.70. The second kappa shape index (κ2) is 4.22. The summed E-state index contributed by atoms with van der Waals surface area (Å²) in [4.78, 5) is 16.9. The number of halogens is 5. The molecule has 0 unspecified atom stereocenters. The summed E-state index contributed by atoms with van der Waals surface area (Å²) in [6, 6.07) is 0.375. The van der Waals surface area contributed by atoms with Crippen molar-refractivity contribution in [2.45, 2.75) is 12.1 Å². The molecule has 4 nitrogen and oxygen atoms in total.